The first kappa shape index (κ1) is 18.9. The van der Waals surface area contributed by atoms with Gasteiger partial charge in [-0.05, 0) is 25.1 Å². The van der Waals surface area contributed by atoms with E-state index in [1.54, 1.807) is 10.7 Å². The van der Waals surface area contributed by atoms with Gasteiger partial charge in [0.05, 0.1) is 23.0 Å². The summed E-state index contributed by atoms with van der Waals surface area (Å²) in [4.78, 5) is 17.1. The predicted molar refractivity (Wildman–Crippen MR) is 104 cm³/mol. The maximum Gasteiger partial charge on any atom is 0.251 e. The van der Waals surface area contributed by atoms with Crippen LogP contribution < -0.4 is 5.73 Å². The molecule has 3 N–H and O–H groups in total. The summed E-state index contributed by atoms with van der Waals surface area (Å²) < 4.78 is 38.4. The van der Waals surface area contributed by atoms with Gasteiger partial charge in [0.1, 0.15) is 26.8 Å². The lowest BCUT2D eigenvalue weighted by Gasteiger charge is -2.23. The molecular weight excluding hydrogens is 385 g/mol. The zero-order valence-electron chi connectivity index (χ0n) is 15.7. The van der Waals surface area contributed by atoms with E-state index in [0.717, 1.165) is 24.6 Å². The zero-order valence-corrected chi connectivity index (χ0v) is 16.5. The van der Waals surface area contributed by atoms with E-state index in [0.29, 0.717) is 29.8 Å². The molecular formula is C18H22FN5O3S. The molecule has 10 heteroatoms. The largest absolute Gasteiger partial charge is 0.366 e. The quantitative estimate of drug-likeness (QED) is 0.657. The number of sulfone groups is 1. The van der Waals surface area contributed by atoms with Gasteiger partial charge in [0.2, 0.25) is 0 Å². The summed E-state index contributed by atoms with van der Waals surface area (Å²) in [6, 6.07) is 2.43. The monoisotopic (exact) mass is 407 g/mol. The standard InChI is InChI=1S/C18H22FN5O3S/c1-18(3-4-23(10-18)5-6-28(2,26)27)13-9-21-24-15-12(16(20)25)7-11(19)8-14(15)22-17(13)24/h7-9,22H,3-6,10H2,1-2H3,(H2,20,25). The van der Waals surface area contributed by atoms with Crippen LogP contribution in [-0.4, -0.2) is 65.5 Å². The van der Waals surface area contributed by atoms with Gasteiger partial charge >= 0.3 is 0 Å². The molecule has 1 unspecified atom stereocenters. The Kier molecular flexibility index (Phi) is 4.23. The van der Waals surface area contributed by atoms with E-state index in [4.69, 9.17) is 5.73 Å². The number of fused-ring (bicyclic) bond motifs is 3. The highest BCUT2D eigenvalue weighted by molar-refractivity contribution is 7.90. The number of imidazole rings is 1. The molecule has 3 aromatic rings. The van der Waals surface area contributed by atoms with E-state index in [1.165, 1.54) is 12.3 Å². The average molecular weight is 407 g/mol. The lowest BCUT2D eigenvalue weighted by atomic mass is 9.83. The molecule has 2 aromatic heterocycles. The van der Waals surface area contributed by atoms with E-state index in [9.17, 15) is 17.6 Å². The zero-order chi connectivity index (χ0) is 20.3. The van der Waals surface area contributed by atoms with E-state index >= 15 is 0 Å². The molecule has 0 spiro atoms. The van der Waals surface area contributed by atoms with E-state index < -0.39 is 21.6 Å². The second-order valence-electron chi connectivity index (χ2n) is 7.87. The van der Waals surface area contributed by atoms with Crippen molar-refractivity contribution in [1.29, 1.82) is 0 Å². The van der Waals surface area contributed by atoms with Crippen molar-refractivity contribution in [2.75, 3.05) is 31.6 Å². The number of nitrogens with one attached hydrogen (secondary N) is 1. The van der Waals surface area contributed by atoms with E-state index in [1.807, 2.05) is 0 Å². The number of carbonyl (C=O) groups is 1. The maximum absolute atomic E-state index is 13.9. The summed E-state index contributed by atoms with van der Waals surface area (Å²) in [5, 5.41) is 4.42. The van der Waals surface area contributed by atoms with Crippen molar-refractivity contribution in [3.05, 3.63) is 35.3 Å². The molecule has 1 aliphatic rings. The van der Waals surface area contributed by atoms with Gasteiger partial charge in [-0.3, -0.25) is 4.79 Å². The van der Waals surface area contributed by atoms with Gasteiger partial charge in [-0.2, -0.15) is 5.10 Å². The van der Waals surface area contributed by atoms with Crippen LogP contribution in [0.4, 0.5) is 4.39 Å². The summed E-state index contributed by atoms with van der Waals surface area (Å²) in [5.41, 5.74) is 7.79. The molecule has 1 amide bonds. The normalized spacial score (nSPS) is 21.1. The minimum absolute atomic E-state index is 0.0715. The molecule has 8 nitrogen and oxygen atoms in total. The summed E-state index contributed by atoms with van der Waals surface area (Å²) >= 11 is 0. The SMILES string of the molecule is CC1(c2cnn3c2[nH]c2cc(F)cc(C(N)=O)c23)CCN(CCS(C)(=O)=O)C1. The molecule has 150 valence electrons. The number of nitrogens with zero attached hydrogens (tertiary/aromatic N) is 3. The third kappa shape index (κ3) is 3.16. The number of aromatic nitrogens is 3. The lowest BCUT2D eigenvalue weighted by Crippen LogP contribution is -2.31. The summed E-state index contributed by atoms with van der Waals surface area (Å²) in [7, 11) is -3.02. The third-order valence-electron chi connectivity index (χ3n) is 5.56. The lowest BCUT2D eigenvalue weighted by molar-refractivity contribution is 0.100. The van der Waals surface area contributed by atoms with Crippen molar-refractivity contribution < 1.29 is 17.6 Å². The summed E-state index contributed by atoms with van der Waals surface area (Å²) in [6.07, 6.45) is 3.83. The number of carbonyl (C=O) groups excluding carboxylic acids is 1. The fraction of sp³-hybridized carbons (Fsp3) is 0.444. The topological polar surface area (TPSA) is 114 Å². The van der Waals surface area contributed by atoms with Crippen molar-refractivity contribution in [2.45, 2.75) is 18.8 Å². The average Bonchev–Trinajstić information content (AvgIpc) is 3.24. The van der Waals surface area contributed by atoms with Crippen LogP contribution in [0, 0.1) is 5.82 Å². The van der Waals surface area contributed by atoms with Crippen LogP contribution in [0.25, 0.3) is 16.7 Å². The molecule has 3 heterocycles. The Labute approximate surface area is 161 Å². The third-order valence-corrected chi connectivity index (χ3v) is 6.48. The van der Waals surface area contributed by atoms with Crippen molar-refractivity contribution >= 4 is 32.4 Å². The van der Waals surface area contributed by atoms with Crippen molar-refractivity contribution in [1.82, 2.24) is 19.5 Å². The number of aromatic amines is 1. The molecule has 0 aliphatic carbocycles. The number of benzene rings is 1. The van der Waals surface area contributed by atoms with Crippen molar-refractivity contribution in [2.24, 2.45) is 5.73 Å². The smallest absolute Gasteiger partial charge is 0.251 e. The fourth-order valence-electron chi connectivity index (χ4n) is 4.08. The predicted octanol–water partition coefficient (Wildman–Crippen LogP) is 1.06. The van der Waals surface area contributed by atoms with Crippen LogP contribution in [0.1, 0.15) is 29.3 Å². The number of halogens is 1. The van der Waals surface area contributed by atoms with Gasteiger partial charge in [-0.15, -0.1) is 0 Å². The minimum Gasteiger partial charge on any atom is -0.366 e. The van der Waals surface area contributed by atoms with Gasteiger partial charge in [0, 0.05) is 30.3 Å². The molecule has 4 rings (SSSR count). The van der Waals surface area contributed by atoms with Gasteiger partial charge < -0.3 is 15.6 Å². The Bertz CT molecular complexity index is 1200. The first-order valence-electron chi connectivity index (χ1n) is 8.97. The number of hydrogen-bond acceptors (Lipinski definition) is 5. The number of H-pyrrole nitrogens is 1. The Morgan fingerprint density at radius 2 is 2.18 bits per heavy atom. The fourth-order valence-corrected chi connectivity index (χ4v) is 4.67. The number of rotatable bonds is 5. The van der Waals surface area contributed by atoms with Gasteiger partial charge in [-0.1, -0.05) is 6.92 Å². The van der Waals surface area contributed by atoms with Crippen LogP contribution in [0.15, 0.2) is 18.3 Å². The van der Waals surface area contributed by atoms with Gasteiger partial charge in [0.25, 0.3) is 5.91 Å². The van der Waals surface area contributed by atoms with E-state index in [-0.39, 0.29) is 16.7 Å². The second-order valence-corrected chi connectivity index (χ2v) is 10.1. The Morgan fingerprint density at radius 3 is 2.86 bits per heavy atom. The Hall–Kier alpha value is -2.46. The van der Waals surface area contributed by atoms with Crippen LogP contribution in [0.5, 0.6) is 0 Å². The highest BCUT2D eigenvalue weighted by Gasteiger charge is 2.38. The molecule has 28 heavy (non-hydrogen) atoms. The van der Waals surface area contributed by atoms with Gasteiger partial charge in [-0.25, -0.2) is 17.3 Å². The number of amides is 1. The highest BCUT2D eigenvalue weighted by atomic mass is 32.2. The molecule has 1 atom stereocenters. The first-order chi connectivity index (χ1) is 13.1. The number of hydrogen-bond donors (Lipinski definition) is 2. The second kappa shape index (κ2) is 6.28. The molecule has 0 radical (unpaired) electrons. The van der Waals surface area contributed by atoms with Crippen molar-refractivity contribution in [3.63, 3.8) is 0 Å². The van der Waals surface area contributed by atoms with Crippen LogP contribution in [0.2, 0.25) is 0 Å². The van der Waals surface area contributed by atoms with Crippen LogP contribution in [0.3, 0.4) is 0 Å². The van der Waals surface area contributed by atoms with Crippen LogP contribution >= 0.6 is 0 Å². The number of likely N-dealkylation sites (tertiary alicyclic amines) is 1. The van der Waals surface area contributed by atoms with Crippen LogP contribution in [-0.2, 0) is 15.3 Å². The molecule has 0 bridgehead atoms. The number of primary amides is 1. The number of nitrogens with two attached hydrogens (primary N) is 1. The highest BCUT2D eigenvalue weighted by Crippen LogP contribution is 2.37. The first-order valence-corrected chi connectivity index (χ1v) is 11.0. The molecule has 1 aliphatic heterocycles. The maximum atomic E-state index is 13.9. The Morgan fingerprint density at radius 1 is 1.43 bits per heavy atom. The summed E-state index contributed by atoms with van der Waals surface area (Å²) in [5.74, 6) is -1.15. The Balaban J connectivity index is 1.74. The summed E-state index contributed by atoms with van der Waals surface area (Å²) in [6.45, 7) is 4.06. The van der Waals surface area contributed by atoms with Crippen molar-refractivity contribution in [3.8, 4) is 0 Å². The molecule has 1 fully saturated rings. The minimum atomic E-state index is -3.02. The van der Waals surface area contributed by atoms with Gasteiger partial charge in [0.15, 0.2) is 0 Å². The molecule has 1 aromatic carbocycles. The molecule has 0 saturated carbocycles. The van der Waals surface area contributed by atoms with E-state index in [2.05, 4.69) is 21.9 Å². The molecule has 1 saturated heterocycles.